The lowest BCUT2D eigenvalue weighted by atomic mass is 10.2. The van der Waals surface area contributed by atoms with Gasteiger partial charge in [0.25, 0.3) is 10.0 Å². The lowest BCUT2D eigenvalue weighted by Crippen LogP contribution is -2.24. The number of carbonyl (C=O) groups is 1. The van der Waals surface area contributed by atoms with Crippen LogP contribution in [0.2, 0.25) is 5.02 Å². The third-order valence-electron chi connectivity index (χ3n) is 4.79. The number of carbonyl (C=O) groups excluding carboxylic acids is 1. The number of amides is 1. The molecule has 0 spiro atoms. The van der Waals surface area contributed by atoms with Crippen molar-refractivity contribution in [2.24, 2.45) is 0 Å². The molecule has 0 aromatic heterocycles. The van der Waals surface area contributed by atoms with Crippen LogP contribution in [0.5, 0.6) is 5.75 Å². The molecule has 1 N–H and O–H groups in total. The van der Waals surface area contributed by atoms with Crippen molar-refractivity contribution in [3.8, 4) is 5.75 Å². The molecular weight excluding hydrogens is 467 g/mol. The van der Waals surface area contributed by atoms with E-state index in [9.17, 15) is 17.6 Å². The van der Waals surface area contributed by atoms with E-state index in [2.05, 4.69) is 4.72 Å². The Hall–Kier alpha value is -3.36. The molecule has 0 unspecified atom stereocenters. The molecule has 0 heterocycles. The van der Waals surface area contributed by atoms with Gasteiger partial charge in [-0.1, -0.05) is 41.9 Å². The van der Waals surface area contributed by atoms with Crippen LogP contribution in [-0.4, -0.2) is 33.4 Å². The highest BCUT2D eigenvalue weighted by Crippen LogP contribution is 2.26. The van der Waals surface area contributed by atoms with E-state index in [0.29, 0.717) is 17.0 Å². The first-order chi connectivity index (χ1) is 15.7. The van der Waals surface area contributed by atoms with Gasteiger partial charge in [0.05, 0.1) is 17.7 Å². The van der Waals surface area contributed by atoms with E-state index >= 15 is 0 Å². The van der Waals surface area contributed by atoms with Crippen LogP contribution in [0.3, 0.4) is 0 Å². The van der Waals surface area contributed by atoms with Crippen LogP contribution in [-0.2, 0) is 21.4 Å². The number of hydrogen-bond donors (Lipinski definition) is 1. The largest absolute Gasteiger partial charge is 0.495 e. The van der Waals surface area contributed by atoms with E-state index < -0.39 is 15.8 Å². The number of para-hydroxylation sites is 2. The second-order valence-corrected chi connectivity index (χ2v) is 9.19. The number of nitrogens with zero attached hydrogens (tertiary/aromatic N) is 1. The Morgan fingerprint density at radius 2 is 1.79 bits per heavy atom. The van der Waals surface area contributed by atoms with E-state index in [4.69, 9.17) is 16.3 Å². The maximum absolute atomic E-state index is 13.9. The highest BCUT2D eigenvalue weighted by molar-refractivity contribution is 7.92. The van der Waals surface area contributed by atoms with Crippen molar-refractivity contribution in [3.05, 3.63) is 94.8 Å². The predicted octanol–water partition coefficient (Wildman–Crippen LogP) is 4.96. The molecule has 0 saturated heterocycles. The number of nitrogens with one attached hydrogen (secondary N) is 1. The zero-order valence-corrected chi connectivity index (χ0v) is 19.5. The van der Waals surface area contributed by atoms with E-state index in [1.807, 2.05) is 0 Å². The first-order valence-electron chi connectivity index (χ1n) is 9.83. The summed E-state index contributed by atoms with van der Waals surface area (Å²) in [7, 11) is -0.835. The molecule has 6 nitrogen and oxygen atoms in total. The molecule has 0 aliphatic carbocycles. The van der Waals surface area contributed by atoms with E-state index in [1.54, 1.807) is 48.5 Å². The maximum Gasteiger partial charge on any atom is 0.262 e. The average Bonchev–Trinajstić information content (AvgIpc) is 2.80. The van der Waals surface area contributed by atoms with E-state index in [0.717, 1.165) is 0 Å². The van der Waals surface area contributed by atoms with Gasteiger partial charge in [0, 0.05) is 30.3 Å². The monoisotopic (exact) mass is 488 g/mol. The van der Waals surface area contributed by atoms with Crippen molar-refractivity contribution >= 4 is 39.3 Å². The van der Waals surface area contributed by atoms with Gasteiger partial charge in [0.1, 0.15) is 11.6 Å². The fraction of sp³-hybridized carbons (Fsp3) is 0.125. The second-order valence-electron chi connectivity index (χ2n) is 7.10. The lowest BCUT2D eigenvalue weighted by molar-refractivity contribution is -0.125. The normalized spacial score (nSPS) is 11.4. The van der Waals surface area contributed by atoms with E-state index in [-0.39, 0.29) is 27.9 Å². The molecule has 0 fully saturated rings. The SMILES string of the molecule is COc1ccccc1NS(=O)(=O)c1ccc(C=CC(=O)N(C)Cc2c(F)cccc2Cl)cc1. The summed E-state index contributed by atoms with van der Waals surface area (Å²) >= 11 is 6.01. The number of hydrogen-bond acceptors (Lipinski definition) is 4. The third kappa shape index (κ3) is 6.12. The van der Waals surface area contributed by atoms with Gasteiger partial charge in [-0.25, -0.2) is 12.8 Å². The summed E-state index contributed by atoms with van der Waals surface area (Å²) in [6.07, 6.45) is 2.87. The Labute approximate surface area is 197 Å². The van der Waals surface area contributed by atoms with Gasteiger partial charge in [-0.15, -0.1) is 0 Å². The molecule has 3 aromatic rings. The number of halogens is 2. The number of methoxy groups -OCH3 is 1. The van der Waals surface area contributed by atoms with Gasteiger partial charge in [0.2, 0.25) is 5.91 Å². The molecule has 0 saturated carbocycles. The number of likely N-dealkylation sites (N-methyl/N-ethyl adjacent to an activating group) is 1. The Morgan fingerprint density at radius 3 is 2.45 bits per heavy atom. The topological polar surface area (TPSA) is 75.7 Å². The molecule has 3 aromatic carbocycles. The Bertz CT molecular complexity index is 1260. The Balaban J connectivity index is 1.67. The standard InChI is InChI=1S/C24H22ClFN2O4S/c1-28(16-19-20(25)6-5-7-21(19)26)24(29)15-12-17-10-13-18(14-11-17)33(30,31)27-22-8-3-4-9-23(22)32-2/h3-15,27H,16H2,1-2H3. The zero-order chi connectivity index (χ0) is 24.0. The maximum atomic E-state index is 13.9. The molecule has 172 valence electrons. The molecule has 33 heavy (non-hydrogen) atoms. The first-order valence-corrected chi connectivity index (χ1v) is 11.7. The van der Waals surface area contributed by atoms with Gasteiger partial charge in [-0.3, -0.25) is 9.52 Å². The fourth-order valence-electron chi connectivity index (χ4n) is 2.98. The summed E-state index contributed by atoms with van der Waals surface area (Å²) in [4.78, 5) is 13.8. The van der Waals surface area contributed by atoms with Crippen molar-refractivity contribution in [2.45, 2.75) is 11.4 Å². The molecule has 0 bridgehead atoms. The summed E-state index contributed by atoms with van der Waals surface area (Å²) in [5.41, 5.74) is 1.19. The van der Waals surface area contributed by atoms with Crippen molar-refractivity contribution in [2.75, 3.05) is 18.9 Å². The van der Waals surface area contributed by atoms with Crippen LogP contribution < -0.4 is 9.46 Å². The summed E-state index contributed by atoms with van der Waals surface area (Å²) in [6, 6.07) is 17.1. The second kappa shape index (κ2) is 10.5. The van der Waals surface area contributed by atoms with Crippen LogP contribution in [0.4, 0.5) is 10.1 Å². The van der Waals surface area contributed by atoms with Crippen LogP contribution in [0, 0.1) is 5.82 Å². The summed E-state index contributed by atoms with van der Waals surface area (Å²) in [5, 5.41) is 0.247. The predicted molar refractivity (Wildman–Crippen MR) is 127 cm³/mol. The summed E-state index contributed by atoms with van der Waals surface area (Å²) in [6.45, 7) is 0.0144. The molecule has 0 atom stereocenters. The molecule has 1 amide bonds. The van der Waals surface area contributed by atoms with E-state index in [1.165, 1.54) is 49.4 Å². The van der Waals surface area contributed by atoms with Crippen LogP contribution >= 0.6 is 11.6 Å². The van der Waals surface area contributed by atoms with Crippen LogP contribution in [0.1, 0.15) is 11.1 Å². The Morgan fingerprint density at radius 1 is 1.09 bits per heavy atom. The summed E-state index contributed by atoms with van der Waals surface area (Å²) in [5.74, 6) is -0.437. The first kappa shape index (κ1) is 24.3. The minimum atomic E-state index is -3.83. The highest BCUT2D eigenvalue weighted by atomic mass is 35.5. The van der Waals surface area contributed by atoms with Crippen molar-refractivity contribution in [3.63, 3.8) is 0 Å². The van der Waals surface area contributed by atoms with Gasteiger partial charge < -0.3 is 9.64 Å². The van der Waals surface area contributed by atoms with Gasteiger partial charge in [0.15, 0.2) is 0 Å². The smallest absolute Gasteiger partial charge is 0.262 e. The van der Waals surface area contributed by atoms with Crippen LogP contribution in [0.15, 0.2) is 77.7 Å². The zero-order valence-electron chi connectivity index (χ0n) is 18.0. The molecule has 0 radical (unpaired) electrons. The number of anilines is 1. The number of rotatable bonds is 8. The van der Waals surface area contributed by atoms with Gasteiger partial charge in [-0.05, 0) is 48.0 Å². The van der Waals surface area contributed by atoms with Gasteiger partial charge in [-0.2, -0.15) is 0 Å². The highest BCUT2D eigenvalue weighted by Gasteiger charge is 2.16. The average molecular weight is 489 g/mol. The molecule has 0 aliphatic rings. The molecule has 0 aliphatic heterocycles. The molecular formula is C24H22ClFN2O4S. The molecule has 9 heteroatoms. The summed E-state index contributed by atoms with van der Waals surface area (Å²) < 4.78 is 47.0. The minimum Gasteiger partial charge on any atom is -0.495 e. The van der Waals surface area contributed by atoms with Crippen molar-refractivity contribution in [1.29, 1.82) is 0 Å². The lowest BCUT2D eigenvalue weighted by Gasteiger charge is -2.16. The Kier molecular flexibility index (Phi) is 7.73. The quantitative estimate of drug-likeness (QED) is 0.455. The fourth-order valence-corrected chi connectivity index (χ4v) is 4.28. The third-order valence-corrected chi connectivity index (χ3v) is 6.53. The van der Waals surface area contributed by atoms with Gasteiger partial charge >= 0.3 is 0 Å². The number of sulfonamides is 1. The minimum absolute atomic E-state index is 0.0144. The van der Waals surface area contributed by atoms with Crippen LogP contribution in [0.25, 0.3) is 6.08 Å². The number of ether oxygens (including phenoxy) is 1. The van der Waals surface area contributed by atoms with Crippen molar-refractivity contribution < 1.29 is 22.3 Å². The number of benzene rings is 3. The van der Waals surface area contributed by atoms with Crippen molar-refractivity contribution in [1.82, 2.24) is 4.90 Å². The molecule has 3 rings (SSSR count).